The molecule has 2 heterocycles. The first-order valence-electron chi connectivity index (χ1n) is 11.1. The van der Waals surface area contributed by atoms with Crippen LogP contribution in [0.3, 0.4) is 0 Å². The monoisotopic (exact) mass is 536 g/mol. The highest BCUT2D eigenvalue weighted by molar-refractivity contribution is 6.37. The molecule has 2 fully saturated rings. The smallest absolute Gasteiger partial charge is 0.269 e. The molecule has 3 aliphatic rings. The lowest BCUT2D eigenvalue weighted by atomic mass is 9.77. The van der Waals surface area contributed by atoms with Crippen LogP contribution in [0.4, 0.5) is 11.4 Å². The number of rotatable bonds is 3. The summed E-state index contributed by atoms with van der Waals surface area (Å²) in [6, 6.07) is 15.5. The highest BCUT2D eigenvalue weighted by Crippen LogP contribution is 2.58. The molecule has 3 aromatic rings. The lowest BCUT2D eigenvalue weighted by Crippen LogP contribution is -2.51. The zero-order chi connectivity index (χ0) is 26.2. The van der Waals surface area contributed by atoms with E-state index >= 15 is 0 Å². The minimum atomic E-state index is -2.26. The molecule has 2 saturated heterocycles. The molecule has 1 aliphatic carbocycles. The Morgan fingerprint density at radius 1 is 0.865 bits per heavy atom. The molecule has 1 spiro atoms. The van der Waals surface area contributed by atoms with Crippen LogP contribution in [0.25, 0.3) is 0 Å². The van der Waals surface area contributed by atoms with E-state index in [0.29, 0.717) is 10.6 Å². The number of hydrogen-bond donors (Lipinski definition) is 0. The van der Waals surface area contributed by atoms with Gasteiger partial charge in [0.05, 0.1) is 28.6 Å². The number of carbonyl (C=O) groups excluding carboxylic acids is 4. The van der Waals surface area contributed by atoms with Gasteiger partial charge in [0, 0.05) is 38.9 Å². The van der Waals surface area contributed by atoms with E-state index in [1.165, 1.54) is 42.5 Å². The summed E-state index contributed by atoms with van der Waals surface area (Å²) in [5, 5.41) is 11.5. The van der Waals surface area contributed by atoms with E-state index in [1.807, 2.05) is 0 Å². The van der Waals surface area contributed by atoms with Gasteiger partial charge in [-0.05, 0) is 24.3 Å². The first-order chi connectivity index (χ1) is 17.7. The summed E-state index contributed by atoms with van der Waals surface area (Å²) in [7, 11) is 0. The van der Waals surface area contributed by atoms with Crippen LogP contribution in [-0.2, 0) is 14.3 Å². The van der Waals surface area contributed by atoms with Crippen molar-refractivity contribution in [3.05, 3.63) is 104 Å². The fourth-order valence-electron chi connectivity index (χ4n) is 5.51. The summed E-state index contributed by atoms with van der Waals surface area (Å²) >= 11 is 12.5. The van der Waals surface area contributed by atoms with Crippen LogP contribution < -0.4 is 4.90 Å². The second-order valence-electron chi connectivity index (χ2n) is 8.93. The number of amides is 2. The first-order valence-corrected chi connectivity index (χ1v) is 11.9. The number of nitro benzene ring substituents is 1. The zero-order valence-corrected chi connectivity index (χ0v) is 20.1. The molecule has 0 unspecified atom stereocenters. The van der Waals surface area contributed by atoms with Gasteiger partial charge < -0.3 is 4.74 Å². The Hall–Kier alpha value is -3.92. The molecule has 2 aliphatic heterocycles. The van der Waals surface area contributed by atoms with Crippen molar-refractivity contribution in [1.29, 1.82) is 0 Å². The second kappa shape index (κ2) is 8.04. The summed E-state index contributed by atoms with van der Waals surface area (Å²) in [5.41, 5.74) is -1.93. The molecule has 37 heavy (non-hydrogen) atoms. The van der Waals surface area contributed by atoms with Crippen LogP contribution in [-0.4, -0.2) is 33.9 Å². The van der Waals surface area contributed by atoms with Gasteiger partial charge in [-0.3, -0.25) is 29.3 Å². The molecule has 184 valence electrons. The number of benzene rings is 3. The number of non-ortho nitro benzene ring substituents is 1. The molecular formula is C26H14Cl2N2O7. The Morgan fingerprint density at radius 2 is 1.49 bits per heavy atom. The van der Waals surface area contributed by atoms with Crippen LogP contribution >= 0.6 is 23.2 Å². The first kappa shape index (κ1) is 23.5. The number of imide groups is 1. The van der Waals surface area contributed by atoms with Crippen molar-refractivity contribution >= 4 is 58.0 Å². The van der Waals surface area contributed by atoms with E-state index in [4.69, 9.17) is 27.9 Å². The maximum absolute atomic E-state index is 13.9. The molecule has 0 bridgehead atoms. The second-order valence-corrected chi connectivity index (χ2v) is 9.78. The number of ketones is 2. The molecule has 0 saturated carbocycles. The predicted molar refractivity (Wildman–Crippen MR) is 131 cm³/mol. The number of nitro groups is 1. The standard InChI is InChI=1S/C26H14Cl2N2O7/c27-12-5-10-17(18(28)11-12)21-19-20(26(37-21)22(31)15-3-1-2-4-16(15)23(26)32)25(34)29(24(19)33)13-6-8-14(9-7-13)30(35)36/h1-11,19-21H/t19-,20+,21+/m1/s1. The molecule has 0 N–H and O–H groups in total. The summed E-state index contributed by atoms with van der Waals surface area (Å²) in [4.78, 5) is 66.5. The number of halogens is 2. The molecule has 3 aromatic carbocycles. The molecule has 9 nitrogen and oxygen atoms in total. The van der Waals surface area contributed by atoms with E-state index in [2.05, 4.69) is 0 Å². The minimum Gasteiger partial charge on any atom is -0.349 e. The zero-order valence-electron chi connectivity index (χ0n) is 18.6. The number of nitrogens with zero attached hydrogens (tertiary/aromatic N) is 2. The van der Waals surface area contributed by atoms with Crippen molar-refractivity contribution in [2.24, 2.45) is 11.8 Å². The van der Waals surface area contributed by atoms with Crippen molar-refractivity contribution < 1.29 is 28.8 Å². The summed E-state index contributed by atoms with van der Waals surface area (Å²) in [6.45, 7) is 0. The fourth-order valence-corrected chi connectivity index (χ4v) is 6.03. The van der Waals surface area contributed by atoms with Crippen LogP contribution in [0.1, 0.15) is 32.4 Å². The highest BCUT2D eigenvalue weighted by atomic mass is 35.5. The van der Waals surface area contributed by atoms with Crippen molar-refractivity contribution in [1.82, 2.24) is 0 Å². The van der Waals surface area contributed by atoms with Crippen molar-refractivity contribution in [3.8, 4) is 0 Å². The van der Waals surface area contributed by atoms with E-state index in [-0.39, 0.29) is 27.5 Å². The Labute approximate surface area is 218 Å². The van der Waals surface area contributed by atoms with E-state index in [1.54, 1.807) is 12.1 Å². The molecule has 3 atom stereocenters. The van der Waals surface area contributed by atoms with Gasteiger partial charge in [0.25, 0.3) is 5.69 Å². The van der Waals surface area contributed by atoms with E-state index in [0.717, 1.165) is 17.0 Å². The maximum atomic E-state index is 13.9. The normalized spacial score (nSPS) is 23.6. The quantitative estimate of drug-likeness (QED) is 0.207. The van der Waals surface area contributed by atoms with Crippen LogP contribution in [0.2, 0.25) is 10.0 Å². The average Bonchev–Trinajstić information content (AvgIpc) is 3.44. The fraction of sp³-hybridized carbons (Fsp3) is 0.154. The van der Waals surface area contributed by atoms with Gasteiger partial charge in [-0.2, -0.15) is 0 Å². The molecule has 0 aromatic heterocycles. The third-order valence-corrected chi connectivity index (χ3v) is 7.67. The number of anilines is 1. The number of ether oxygens (including phenoxy) is 1. The minimum absolute atomic E-state index is 0.0708. The number of Topliss-reactive ketones (excluding diaryl/α,β-unsaturated/α-hetero) is 2. The number of fused-ring (bicyclic) bond motifs is 3. The Morgan fingerprint density at radius 3 is 2.05 bits per heavy atom. The highest BCUT2D eigenvalue weighted by Gasteiger charge is 2.74. The lowest BCUT2D eigenvalue weighted by molar-refractivity contribution is -0.384. The van der Waals surface area contributed by atoms with Crippen molar-refractivity contribution in [3.63, 3.8) is 0 Å². The van der Waals surface area contributed by atoms with Crippen molar-refractivity contribution in [2.75, 3.05) is 4.90 Å². The van der Waals surface area contributed by atoms with Crippen LogP contribution in [0.5, 0.6) is 0 Å². The average molecular weight is 537 g/mol. The number of carbonyl (C=O) groups is 4. The third-order valence-electron chi connectivity index (χ3n) is 7.11. The molecule has 11 heteroatoms. The molecule has 6 rings (SSSR count). The molecule has 0 radical (unpaired) electrons. The van der Waals surface area contributed by atoms with Crippen LogP contribution in [0.15, 0.2) is 66.7 Å². The molecule has 2 amide bonds. The predicted octanol–water partition coefficient (Wildman–Crippen LogP) is 4.60. The topological polar surface area (TPSA) is 124 Å². The maximum Gasteiger partial charge on any atom is 0.269 e. The summed E-state index contributed by atoms with van der Waals surface area (Å²) in [6.07, 6.45) is -1.21. The van der Waals surface area contributed by atoms with Gasteiger partial charge >= 0.3 is 0 Å². The van der Waals surface area contributed by atoms with Gasteiger partial charge in [0.1, 0.15) is 0 Å². The Kier molecular flexibility index (Phi) is 5.10. The largest absolute Gasteiger partial charge is 0.349 e. The summed E-state index contributed by atoms with van der Waals surface area (Å²) in [5.74, 6) is -5.67. The molecular weight excluding hydrogens is 523 g/mol. The third kappa shape index (κ3) is 3.08. The Bertz CT molecular complexity index is 1530. The van der Waals surface area contributed by atoms with E-state index < -0.39 is 51.8 Å². The van der Waals surface area contributed by atoms with Gasteiger partial charge in [-0.15, -0.1) is 0 Å². The van der Waals surface area contributed by atoms with Gasteiger partial charge in [-0.1, -0.05) is 53.5 Å². The number of hydrogen-bond acceptors (Lipinski definition) is 7. The SMILES string of the molecule is O=C1[C@@H]2[C@@H](C(=O)N1c1ccc([N+](=O)[O-])cc1)C1(O[C@H]2c2ccc(Cl)cc2Cl)C(=O)c2ccccc2C1=O. The van der Waals surface area contributed by atoms with Crippen LogP contribution in [0, 0.1) is 22.0 Å². The van der Waals surface area contributed by atoms with E-state index in [9.17, 15) is 29.3 Å². The van der Waals surface area contributed by atoms with Gasteiger partial charge in [-0.25, -0.2) is 4.90 Å². The Balaban J connectivity index is 1.53. The summed E-state index contributed by atoms with van der Waals surface area (Å²) < 4.78 is 6.18. The lowest BCUT2D eigenvalue weighted by Gasteiger charge is -2.27. The van der Waals surface area contributed by atoms with Gasteiger partial charge in [0.15, 0.2) is 0 Å². The van der Waals surface area contributed by atoms with Crippen molar-refractivity contribution in [2.45, 2.75) is 11.7 Å². The van der Waals surface area contributed by atoms with Gasteiger partial charge in [0.2, 0.25) is 29.0 Å².